The van der Waals surface area contributed by atoms with Gasteiger partial charge in [-0.2, -0.15) is 0 Å². The van der Waals surface area contributed by atoms with E-state index in [2.05, 4.69) is 35.8 Å². The number of hydrogen-bond donors (Lipinski definition) is 3. The molecule has 11 heteroatoms. The van der Waals surface area contributed by atoms with Crippen LogP contribution in [0.15, 0.2) is 79.3 Å². The van der Waals surface area contributed by atoms with Crippen LogP contribution in [-0.2, 0) is 35.6 Å². The average molecular weight is 542 g/mol. The van der Waals surface area contributed by atoms with Crippen LogP contribution in [0, 0.1) is 0 Å². The molecule has 11 nitrogen and oxygen atoms in total. The molecule has 2 amide bonds. The van der Waals surface area contributed by atoms with E-state index in [1.54, 1.807) is 30.9 Å². The molecule has 4 N–H and O–H groups in total. The first-order chi connectivity index (χ1) is 19.4. The SMILES string of the molecule is C[C@@H](N)C(=O)N[C@H](C)C(=O)NCCc1ccc(-n2cc(CN(Cc3ccccn3)Cc3ccccn3)nn2)cc1. The quantitative estimate of drug-likeness (QED) is 0.232. The van der Waals surface area contributed by atoms with Gasteiger partial charge in [-0.1, -0.05) is 29.5 Å². The van der Waals surface area contributed by atoms with Crippen molar-refractivity contribution in [3.05, 3.63) is 102 Å². The van der Waals surface area contributed by atoms with Gasteiger partial charge in [-0.15, -0.1) is 5.10 Å². The van der Waals surface area contributed by atoms with Crippen LogP contribution in [-0.4, -0.2) is 60.3 Å². The number of hydrogen-bond acceptors (Lipinski definition) is 8. The number of rotatable bonds is 13. The molecule has 0 fully saturated rings. The Hall–Kier alpha value is -4.48. The second-order valence-electron chi connectivity index (χ2n) is 9.67. The van der Waals surface area contributed by atoms with E-state index in [0.717, 1.165) is 28.3 Å². The minimum atomic E-state index is -0.660. The number of carbonyl (C=O) groups is 2. The van der Waals surface area contributed by atoms with Crippen LogP contribution < -0.4 is 16.4 Å². The van der Waals surface area contributed by atoms with E-state index in [0.29, 0.717) is 32.6 Å². The Labute approximate surface area is 233 Å². The molecule has 3 heterocycles. The van der Waals surface area contributed by atoms with Crippen molar-refractivity contribution in [1.82, 2.24) is 40.5 Å². The van der Waals surface area contributed by atoms with Gasteiger partial charge in [0.15, 0.2) is 0 Å². The molecule has 2 atom stereocenters. The Morgan fingerprint density at radius 3 is 2.08 bits per heavy atom. The highest BCUT2D eigenvalue weighted by Gasteiger charge is 2.17. The number of nitrogens with two attached hydrogens (primary N) is 1. The summed E-state index contributed by atoms with van der Waals surface area (Å²) in [6.07, 6.45) is 6.17. The molecule has 0 saturated carbocycles. The van der Waals surface area contributed by atoms with E-state index in [1.807, 2.05) is 66.9 Å². The summed E-state index contributed by atoms with van der Waals surface area (Å²) in [5.41, 5.74) is 10.3. The van der Waals surface area contributed by atoms with Gasteiger partial charge >= 0.3 is 0 Å². The molecular formula is C29H35N9O2. The lowest BCUT2D eigenvalue weighted by Gasteiger charge is -2.20. The highest BCUT2D eigenvalue weighted by Crippen LogP contribution is 2.13. The molecule has 4 rings (SSSR count). The third-order valence-corrected chi connectivity index (χ3v) is 6.23. The Morgan fingerprint density at radius 1 is 0.875 bits per heavy atom. The first-order valence-corrected chi connectivity index (χ1v) is 13.2. The summed E-state index contributed by atoms with van der Waals surface area (Å²) in [6, 6.07) is 18.4. The minimum Gasteiger partial charge on any atom is -0.354 e. The molecule has 0 spiro atoms. The van der Waals surface area contributed by atoms with Gasteiger partial charge in [0.05, 0.1) is 35.0 Å². The molecule has 208 valence electrons. The van der Waals surface area contributed by atoms with E-state index in [4.69, 9.17) is 5.73 Å². The van der Waals surface area contributed by atoms with Crippen LogP contribution in [0.25, 0.3) is 5.69 Å². The molecule has 0 aliphatic heterocycles. The number of nitrogens with zero attached hydrogens (tertiary/aromatic N) is 6. The summed E-state index contributed by atoms with van der Waals surface area (Å²) in [5.74, 6) is -0.607. The molecular weight excluding hydrogens is 506 g/mol. The lowest BCUT2D eigenvalue weighted by Crippen LogP contribution is -2.49. The molecule has 3 aromatic heterocycles. The summed E-state index contributed by atoms with van der Waals surface area (Å²) in [6.45, 7) is 5.57. The molecule has 0 aliphatic carbocycles. The zero-order valence-corrected chi connectivity index (χ0v) is 22.8. The largest absolute Gasteiger partial charge is 0.354 e. The molecule has 40 heavy (non-hydrogen) atoms. The molecule has 0 bridgehead atoms. The van der Waals surface area contributed by atoms with Crippen molar-refractivity contribution >= 4 is 11.8 Å². The lowest BCUT2D eigenvalue weighted by atomic mass is 10.1. The van der Waals surface area contributed by atoms with Crippen LogP contribution in [0.1, 0.15) is 36.5 Å². The number of amides is 2. The normalized spacial score (nSPS) is 12.6. The van der Waals surface area contributed by atoms with Crippen LogP contribution in [0.3, 0.4) is 0 Å². The number of benzene rings is 1. The van der Waals surface area contributed by atoms with Gasteiger partial charge < -0.3 is 16.4 Å². The molecule has 0 unspecified atom stereocenters. The zero-order valence-electron chi connectivity index (χ0n) is 22.8. The number of carbonyl (C=O) groups excluding carboxylic acids is 2. The minimum absolute atomic E-state index is 0.249. The van der Waals surface area contributed by atoms with Crippen molar-refractivity contribution in [2.24, 2.45) is 5.73 Å². The molecule has 0 aliphatic rings. The van der Waals surface area contributed by atoms with Gasteiger partial charge in [-0.25, -0.2) is 4.68 Å². The van der Waals surface area contributed by atoms with Crippen LogP contribution in [0.5, 0.6) is 0 Å². The first-order valence-electron chi connectivity index (χ1n) is 13.2. The van der Waals surface area contributed by atoms with Crippen LogP contribution in [0.2, 0.25) is 0 Å². The first kappa shape index (κ1) is 28.5. The maximum absolute atomic E-state index is 12.2. The summed E-state index contributed by atoms with van der Waals surface area (Å²) in [7, 11) is 0. The Bertz CT molecular complexity index is 1320. The topological polar surface area (TPSA) is 144 Å². The average Bonchev–Trinajstić information content (AvgIpc) is 3.42. The molecule has 0 saturated heterocycles. The van der Waals surface area contributed by atoms with Gasteiger partial charge in [-0.3, -0.25) is 24.5 Å². The molecule has 0 radical (unpaired) electrons. The predicted molar refractivity (Wildman–Crippen MR) is 151 cm³/mol. The summed E-state index contributed by atoms with van der Waals surface area (Å²) in [5, 5.41) is 14.2. The van der Waals surface area contributed by atoms with E-state index in [-0.39, 0.29) is 11.8 Å². The van der Waals surface area contributed by atoms with Crippen molar-refractivity contribution in [3.8, 4) is 5.69 Å². The van der Waals surface area contributed by atoms with E-state index >= 15 is 0 Å². The maximum Gasteiger partial charge on any atom is 0.242 e. The molecule has 4 aromatic rings. The van der Waals surface area contributed by atoms with Gasteiger partial charge in [0, 0.05) is 38.6 Å². The highest BCUT2D eigenvalue weighted by molar-refractivity contribution is 5.89. The van der Waals surface area contributed by atoms with Crippen molar-refractivity contribution in [1.29, 1.82) is 0 Å². The van der Waals surface area contributed by atoms with Gasteiger partial charge in [0.25, 0.3) is 0 Å². The Balaban J connectivity index is 1.32. The predicted octanol–water partition coefficient (Wildman–Crippen LogP) is 1.77. The van der Waals surface area contributed by atoms with E-state index < -0.39 is 12.1 Å². The smallest absolute Gasteiger partial charge is 0.242 e. The molecule has 1 aromatic carbocycles. The van der Waals surface area contributed by atoms with Crippen LogP contribution in [0.4, 0.5) is 0 Å². The maximum atomic E-state index is 12.2. The van der Waals surface area contributed by atoms with Gasteiger partial charge in [0.2, 0.25) is 11.8 Å². The fourth-order valence-electron chi connectivity index (χ4n) is 4.04. The number of nitrogens with one attached hydrogen (secondary N) is 2. The Morgan fingerprint density at radius 2 is 1.50 bits per heavy atom. The second-order valence-corrected chi connectivity index (χ2v) is 9.67. The fraction of sp³-hybridized carbons (Fsp3) is 0.310. The monoisotopic (exact) mass is 541 g/mol. The summed E-state index contributed by atoms with van der Waals surface area (Å²) >= 11 is 0. The highest BCUT2D eigenvalue weighted by atomic mass is 16.2. The van der Waals surface area contributed by atoms with Crippen molar-refractivity contribution in [3.63, 3.8) is 0 Å². The van der Waals surface area contributed by atoms with E-state index in [9.17, 15) is 9.59 Å². The third-order valence-electron chi connectivity index (χ3n) is 6.23. The van der Waals surface area contributed by atoms with E-state index in [1.165, 1.54) is 0 Å². The van der Waals surface area contributed by atoms with Crippen molar-refractivity contribution in [2.45, 2.75) is 52.0 Å². The van der Waals surface area contributed by atoms with Crippen molar-refractivity contribution in [2.75, 3.05) is 6.54 Å². The summed E-state index contributed by atoms with van der Waals surface area (Å²) in [4.78, 5) is 35.1. The van der Waals surface area contributed by atoms with Crippen molar-refractivity contribution < 1.29 is 9.59 Å². The third kappa shape index (κ3) is 8.52. The standard InChI is InChI=1S/C29H35N9O2/c1-21(30)28(39)34-22(2)29(40)33-16-13-23-9-11-27(12-10-23)38-20-26(35-36-38)19-37(17-24-7-3-5-14-31-24)18-25-8-4-6-15-32-25/h3-12,14-15,20-22H,13,16-19,30H2,1-2H3,(H,33,40)(H,34,39)/t21-,22-/m1/s1. The Kier molecular flexibility index (Phi) is 10.0. The number of pyridine rings is 2. The lowest BCUT2D eigenvalue weighted by molar-refractivity contribution is -0.129. The second kappa shape index (κ2) is 14.1. The summed E-state index contributed by atoms with van der Waals surface area (Å²) < 4.78 is 1.75. The van der Waals surface area contributed by atoms with Crippen LogP contribution >= 0.6 is 0 Å². The van der Waals surface area contributed by atoms with Gasteiger partial charge in [0.1, 0.15) is 6.04 Å². The number of aromatic nitrogens is 5. The zero-order chi connectivity index (χ0) is 28.3. The van der Waals surface area contributed by atoms with Gasteiger partial charge in [-0.05, 0) is 62.2 Å². The fourth-order valence-corrected chi connectivity index (χ4v) is 4.04.